The number of carbonyl (C=O) groups excluding carboxylic acids is 1. The molecule has 0 aliphatic heterocycles. The molecule has 0 aliphatic carbocycles. The number of aromatic nitrogens is 2. The monoisotopic (exact) mass is 293 g/mol. The Hall–Kier alpha value is -1.85. The number of hydrogen-bond acceptors (Lipinski definition) is 5. The van der Waals surface area contributed by atoms with E-state index in [1.54, 1.807) is 6.33 Å². The Morgan fingerprint density at radius 2 is 2.05 bits per heavy atom. The zero-order chi connectivity index (χ0) is 15.8. The van der Waals surface area contributed by atoms with Crippen LogP contribution in [0.3, 0.4) is 0 Å². The van der Waals surface area contributed by atoms with Gasteiger partial charge in [0.25, 0.3) is 0 Å². The van der Waals surface area contributed by atoms with Gasteiger partial charge in [0.05, 0.1) is 6.54 Å². The molecule has 0 unspecified atom stereocenters. The molecule has 1 aromatic rings. The molecule has 0 fully saturated rings. The van der Waals surface area contributed by atoms with Gasteiger partial charge in [-0.15, -0.1) is 0 Å². The van der Waals surface area contributed by atoms with Gasteiger partial charge in [0, 0.05) is 24.7 Å². The van der Waals surface area contributed by atoms with Crippen LogP contribution < -0.4 is 15.5 Å². The predicted octanol–water partition coefficient (Wildman–Crippen LogP) is 1.96. The van der Waals surface area contributed by atoms with Crippen molar-refractivity contribution in [1.82, 2.24) is 15.3 Å². The lowest BCUT2D eigenvalue weighted by Gasteiger charge is -2.24. The number of hydrogen-bond donors (Lipinski definition) is 2. The molecule has 0 aromatic carbocycles. The highest BCUT2D eigenvalue weighted by Gasteiger charge is 2.16. The van der Waals surface area contributed by atoms with Crippen molar-refractivity contribution < 1.29 is 4.79 Å². The zero-order valence-electron chi connectivity index (χ0n) is 13.7. The molecule has 1 heterocycles. The van der Waals surface area contributed by atoms with Crippen LogP contribution in [0, 0.1) is 6.92 Å². The van der Waals surface area contributed by atoms with E-state index in [0.29, 0.717) is 6.54 Å². The van der Waals surface area contributed by atoms with Gasteiger partial charge in [0.15, 0.2) is 0 Å². The average molecular weight is 293 g/mol. The highest BCUT2D eigenvalue weighted by atomic mass is 16.2. The summed E-state index contributed by atoms with van der Waals surface area (Å²) in [5.74, 6) is 1.66. The number of nitrogens with one attached hydrogen (secondary N) is 2. The van der Waals surface area contributed by atoms with Gasteiger partial charge in [-0.25, -0.2) is 9.97 Å². The van der Waals surface area contributed by atoms with Gasteiger partial charge in [-0.1, -0.05) is 6.92 Å². The molecule has 2 N–H and O–H groups in total. The van der Waals surface area contributed by atoms with Crippen molar-refractivity contribution >= 4 is 17.5 Å². The molecule has 0 spiro atoms. The van der Waals surface area contributed by atoms with Crippen LogP contribution in [0.4, 0.5) is 11.6 Å². The second-order valence-electron chi connectivity index (χ2n) is 5.33. The van der Waals surface area contributed by atoms with Crippen LogP contribution in [0.25, 0.3) is 0 Å². The minimum atomic E-state index is 0.00734. The Labute approximate surface area is 127 Å². The Balaban J connectivity index is 2.87. The van der Waals surface area contributed by atoms with Crippen LogP contribution in [-0.4, -0.2) is 41.6 Å². The van der Waals surface area contributed by atoms with E-state index < -0.39 is 0 Å². The summed E-state index contributed by atoms with van der Waals surface area (Å²) in [6.45, 7) is 11.9. The van der Waals surface area contributed by atoms with Crippen molar-refractivity contribution in [3.8, 4) is 0 Å². The summed E-state index contributed by atoms with van der Waals surface area (Å²) >= 11 is 0. The van der Waals surface area contributed by atoms with E-state index in [9.17, 15) is 4.79 Å². The van der Waals surface area contributed by atoms with Crippen molar-refractivity contribution in [2.45, 2.75) is 47.1 Å². The van der Waals surface area contributed by atoms with Crippen molar-refractivity contribution in [3.05, 3.63) is 11.9 Å². The molecule has 6 nitrogen and oxygen atoms in total. The average Bonchev–Trinajstić information content (AvgIpc) is 2.43. The summed E-state index contributed by atoms with van der Waals surface area (Å²) in [4.78, 5) is 22.5. The fourth-order valence-electron chi connectivity index (χ4n) is 2.06. The normalized spacial score (nSPS) is 10.6. The molecule has 0 radical (unpaired) electrons. The number of carbonyl (C=O) groups is 1. The van der Waals surface area contributed by atoms with Gasteiger partial charge >= 0.3 is 0 Å². The maximum atomic E-state index is 12.0. The quantitative estimate of drug-likeness (QED) is 0.766. The molecular weight excluding hydrogens is 266 g/mol. The standard InChI is InChI=1S/C15H27N5O/c1-6-8-16-14-12(5)15(18-10-17-14)20(7-2)9-13(21)19-11(3)4/h10-11H,6-9H2,1-5H3,(H,19,21)(H,16,17,18). The van der Waals surface area contributed by atoms with Crippen molar-refractivity contribution in [2.75, 3.05) is 29.9 Å². The number of likely N-dealkylation sites (N-methyl/N-ethyl adjacent to an activating group) is 1. The predicted molar refractivity (Wildman–Crippen MR) is 86.7 cm³/mol. The van der Waals surface area contributed by atoms with Gasteiger partial charge in [0.2, 0.25) is 5.91 Å². The number of rotatable bonds is 8. The fraction of sp³-hybridized carbons (Fsp3) is 0.667. The fourth-order valence-corrected chi connectivity index (χ4v) is 2.06. The smallest absolute Gasteiger partial charge is 0.239 e. The molecule has 0 aliphatic rings. The van der Waals surface area contributed by atoms with Crippen LogP contribution in [0.5, 0.6) is 0 Å². The van der Waals surface area contributed by atoms with Crippen LogP contribution >= 0.6 is 0 Å². The first-order valence-corrected chi connectivity index (χ1v) is 7.59. The Morgan fingerprint density at radius 1 is 1.33 bits per heavy atom. The number of amides is 1. The van der Waals surface area contributed by atoms with Crippen molar-refractivity contribution in [1.29, 1.82) is 0 Å². The summed E-state index contributed by atoms with van der Waals surface area (Å²) in [5, 5.41) is 6.20. The second-order valence-corrected chi connectivity index (χ2v) is 5.33. The molecule has 1 rings (SSSR count). The van der Waals surface area contributed by atoms with E-state index in [4.69, 9.17) is 0 Å². The zero-order valence-corrected chi connectivity index (χ0v) is 13.7. The molecular formula is C15H27N5O. The molecule has 0 saturated heterocycles. The van der Waals surface area contributed by atoms with E-state index in [-0.39, 0.29) is 11.9 Å². The summed E-state index contributed by atoms with van der Waals surface area (Å²) in [5.41, 5.74) is 0.977. The maximum Gasteiger partial charge on any atom is 0.239 e. The summed E-state index contributed by atoms with van der Waals surface area (Å²) < 4.78 is 0. The van der Waals surface area contributed by atoms with E-state index in [2.05, 4.69) is 27.5 Å². The SMILES string of the molecule is CCCNc1ncnc(N(CC)CC(=O)NC(C)C)c1C. The number of nitrogens with zero attached hydrogens (tertiary/aromatic N) is 3. The highest BCUT2D eigenvalue weighted by Crippen LogP contribution is 2.21. The van der Waals surface area contributed by atoms with E-state index in [1.165, 1.54) is 0 Å². The lowest BCUT2D eigenvalue weighted by Crippen LogP contribution is -2.40. The molecule has 118 valence electrons. The van der Waals surface area contributed by atoms with Crippen molar-refractivity contribution in [2.24, 2.45) is 0 Å². The van der Waals surface area contributed by atoms with Crippen LogP contribution in [-0.2, 0) is 4.79 Å². The lowest BCUT2D eigenvalue weighted by molar-refractivity contribution is -0.120. The van der Waals surface area contributed by atoms with Gasteiger partial charge in [-0.3, -0.25) is 4.79 Å². The first-order valence-electron chi connectivity index (χ1n) is 7.59. The maximum absolute atomic E-state index is 12.0. The van der Waals surface area contributed by atoms with Gasteiger partial charge in [-0.2, -0.15) is 0 Å². The summed E-state index contributed by atoms with van der Waals surface area (Å²) in [6.07, 6.45) is 2.58. The Bertz CT molecular complexity index is 461. The molecule has 1 amide bonds. The van der Waals surface area contributed by atoms with Gasteiger partial charge < -0.3 is 15.5 Å². The highest BCUT2D eigenvalue weighted by molar-refractivity contribution is 5.81. The van der Waals surface area contributed by atoms with Crippen LogP contribution in [0.15, 0.2) is 6.33 Å². The van der Waals surface area contributed by atoms with Crippen LogP contribution in [0.2, 0.25) is 0 Å². The first-order chi connectivity index (χ1) is 9.99. The van der Waals surface area contributed by atoms with Crippen LogP contribution in [0.1, 0.15) is 39.7 Å². The van der Waals surface area contributed by atoms with Crippen molar-refractivity contribution in [3.63, 3.8) is 0 Å². The third kappa shape index (κ3) is 5.21. The lowest BCUT2D eigenvalue weighted by atomic mass is 10.2. The molecule has 6 heteroatoms. The van der Waals surface area contributed by atoms with E-state index >= 15 is 0 Å². The van der Waals surface area contributed by atoms with Gasteiger partial charge in [-0.05, 0) is 34.1 Å². The minimum Gasteiger partial charge on any atom is -0.370 e. The largest absolute Gasteiger partial charge is 0.370 e. The second kappa shape index (κ2) is 8.44. The van der Waals surface area contributed by atoms with Gasteiger partial charge in [0.1, 0.15) is 18.0 Å². The number of anilines is 2. The molecule has 1 aromatic heterocycles. The topological polar surface area (TPSA) is 70.2 Å². The molecule has 21 heavy (non-hydrogen) atoms. The Kier molecular flexibility index (Phi) is 6.91. The third-order valence-corrected chi connectivity index (χ3v) is 3.07. The molecule has 0 saturated carbocycles. The Morgan fingerprint density at radius 3 is 2.62 bits per heavy atom. The minimum absolute atomic E-state index is 0.00734. The molecule has 0 atom stereocenters. The van der Waals surface area contributed by atoms with E-state index in [1.807, 2.05) is 32.6 Å². The first kappa shape index (κ1) is 17.2. The third-order valence-electron chi connectivity index (χ3n) is 3.07. The summed E-state index contributed by atoms with van der Waals surface area (Å²) in [7, 11) is 0. The molecule has 0 bridgehead atoms. The summed E-state index contributed by atoms with van der Waals surface area (Å²) in [6, 6.07) is 0.143. The van der Waals surface area contributed by atoms with E-state index in [0.717, 1.165) is 36.7 Å².